The minimum Gasteiger partial charge on any atom is -0.481 e. The number of pyridine rings is 1. The fraction of sp³-hybridized carbons (Fsp3) is 0.500. The van der Waals surface area contributed by atoms with Gasteiger partial charge < -0.3 is 26.0 Å². The molecule has 4 N–H and O–H groups in total. The second-order valence-electron chi connectivity index (χ2n) is 16.0. The first kappa shape index (κ1) is 48.7. The lowest BCUT2D eigenvalue weighted by Crippen LogP contribution is -2.41. The monoisotopic (exact) mass is 829 g/mol. The molecule has 5 rings (SSSR count). The molecule has 1 aliphatic carbocycles. The highest BCUT2D eigenvalue weighted by molar-refractivity contribution is 6.36. The van der Waals surface area contributed by atoms with Crippen LogP contribution in [0.3, 0.4) is 0 Å². The summed E-state index contributed by atoms with van der Waals surface area (Å²) in [7, 11) is 4.99. The summed E-state index contributed by atoms with van der Waals surface area (Å²) in [4.78, 5) is 45.0. The molecular weight excluding hydrogens is 760 g/mol. The zero-order chi connectivity index (χ0) is 44.0. The molecule has 10 nitrogen and oxygen atoms in total. The zero-order valence-corrected chi connectivity index (χ0v) is 38.2. The molecule has 0 saturated heterocycles. The number of carbonyl (C=O) groups excluding carboxylic acids is 3. The van der Waals surface area contributed by atoms with Crippen molar-refractivity contribution in [2.24, 2.45) is 23.5 Å². The Morgan fingerprint density at radius 2 is 1.71 bits per heavy atom. The Morgan fingerprint density at radius 1 is 1.05 bits per heavy atom. The van der Waals surface area contributed by atoms with E-state index in [-0.39, 0.29) is 17.4 Å². The fourth-order valence-corrected chi connectivity index (χ4v) is 7.52. The molecule has 3 unspecified atom stereocenters. The molecule has 2 aliphatic rings. The second kappa shape index (κ2) is 23.2. The second-order valence-corrected chi connectivity index (χ2v) is 16.3. The van der Waals surface area contributed by atoms with Crippen LogP contribution in [0.4, 0.5) is 5.69 Å². The summed E-state index contributed by atoms with van der Waals surface area (Å²) < 4.78 is 5.66. The summed E-state index contributed by atoms with van der Waals surface area (Å²) in [5.41, 5.74) is 12.6. The molecule has 0 bridgehead atoms. The third-order valence-corrected chi connectivity index (χ3v) is 12.1. The molecule has 0 spiro atoms. The third-order valence-electron chi connectivity index (χ3n) is 11.7. The standard InChI is InChI=1S/C31H31ClN4O3.C9H20N2O.C8H18/c1-17-13-14-20-15-26(34-30(39-6)27(17)20)23-11-7-10-22(28(23)32)21-9-8-12-25(18(21)2)33-29(37)24-16-35(4)19(3)36(5)31(24)38;1-4-11-9(12)8(3)7(2)5-6-10;1-4-6-7-8(3)5-2/h7-12,15-17H,3,13-14H2,1-2,4-6H3,(H,33,37);7-8H,4-6,10H2,1-3H3,(H,11,12);8H,4-7H2,1-3H3/t;;8-/m..1/s1. The number of hydrogen-bond donors (Lipinski definition) is 3. The van der Waals surface area contributed by atoms with Gasteiger partial charge in [-0.3, -0.25) is 19.3 Å². The molecule has 0 saturated carbocycles. The summed E-state index contributed by atoms with van der Waals surface area (Å²) >= 11 is 7.03. The van der Waals surface area contributed by atoms with E-state index >= 15 is 0 Å². The van der Waals surface area contributed by atoms with Gasteiger partial charge in [0.1, 0.15) is 11.4 Å². The van der Waals surface area contributed by atoms with E-state index in [9.17, 15) is 14.4 Å². The number of anilines is 1. The van der Waals surface area contributed by atoms with E-state index in [2.05, 4.69) is 57.9 Å². The Balaban J connectivity index is 0.000000384. The lowest BCUT2D eigenvalue weighted by atomic mass is 9.92. The van der Waals surface area contributed by atoms with E-state index in [0.717, 1.165) is 53.1 Å². The number of aryl methyl sites for hydroxylation is 1. The van der Waals surface area contributed by atoms with Crippen LogP contribution in [0.15, 0.2) is 66.6 Å². The quantitative estimate of drug-likeness (QED) is 0.138. The molecule has 1 aromatic heterocycles. The normalized spacial score (nSPS) is 16.1. The van der Waals surface area contributed by atoms with Crippen molar-refractivity contribution in [3.05, 3.63) is 88.4 Å². The van der Waals surface area contributed by atoms with Gasteiger partial charge in [0.2, 0.25) is 11.8 Å². The number of nitrogens with two attached hydrogens (primary N) is 1. The van der Waals surface area contributed by atoms with E-state index in [1.54, 1.807) is 26.1 Å². The maximum absolute atomic E-state index is 13.1. The van der Waals surface area contributed by atoms with Gasteiger partial charge in [-0.25, -0.2) is 4.98 Å². The number of carbonyl (C=O) groups is 3. The number of methoxy groups -OCH3 is 1. The Morgan fingerprint density at radius 3 is 2.34 bits per heavy atom. The fourth-order valence-electron chi connectivity index (χ4n) is 7.19. The summed E-state index contributed by atoms with van der Waals surface area (Å²) in [6, 6.07) is 13.6. The van der Waals surface area contributed by atoms with Crippen molar-refractivity contribution in [1.82, 2.24) is 20.1 Å². The number of rotatable bonds is 14. The summed E-state index contributed by atoms with van der Waals surface area (Å²) in [5, 5.41) is 6.28. The Kier molecular flexibility index (Phi) is 19.2. The minimum absolute atomic E-state index is 0.0307. The molecule has 3 amide bonds. The topological polar surface area (TPSA) is 130 Å². The van der Waals surface area contributed by atoms with Crippen molar-refractivity contribution in [2.75, 3.05) is 39.6 Å². The Labute approximate surface area is 359 Å². The van der Waals surface area contributed by atoms with Crippen molar-refractivity contribution in [3.63, 3.8) is 0 Å². The first-order valence-electron chi connectivity index (χ1n) is 21.2. The molecular formula is C48H69ClN6O4. The average Bonchev–Trinajstić information content (AvgIpc) is 3.61. The van der Waals surface area contributed by atoms with Gasteiger partial charge in [-0.2, -0.15) is 0 Å². The molecule has 59 heavy (non-hydrogen) atoms. The van der Waals surface area contributed by atoms with Gasteiger partial charge in [-0.05, 0) is 86.2 Å². The van der Waals surface area contributed by atoms with Crippen molar-refractivity contribution in [1.29, 1.82) is 0 Å². The highest BCUT2D eigenvalue weighted by atomic mass is 35.5. The number of nitrogens with one attached hydrogen (secondary N) is 2. The molecule has 322 valence electrons. The van der Waals surface area contributed by atoms with Gasteiger partial charge >= 0.3 is 0 Å². The Bertz CT molecular complexity index is 1960. The van der Waals surface area contributed by atoms with Gasteiger partial charge in [0.15, 0.2) is 0 Å². The van der Waals surface area contributed by atoms with Crippen molar-refractivity contribution in [2.45, 2.75) is 106 Å². The van der Waals surface area contributed by atoms with Crippen LogP contribution in [0.5, 0.6) is 5.88 Å². The summed E-state index contributed by atoms with van der Waals surface area (Å²) in [5.74, 6) is 2.21. The number of ether oxygens (including phenoxy) is 1. The van der Waals surface area contributed by atoms with Gasteiger partial charge in [0.25, 0.3) is 11.8 Å². The van der Waals surface area contributed by atoms with Crippen molar-refractivity contribution >= 4 is 35.0 Å². The molecule has 3 aromatic rings. The molecule has 2 aromatic carbocycles. The van der Waals surface area contributed by atoms with Crippen LogP contribution in [-0.2, 0) is 20.8 Å². The first-order valence-corrected chi connectivity index (χ1v) is 21.6. The molecule has 0 radical (unpaired) electrons. The number of fused-ring (bicyclic) bond motifs is 1. The maximum atomic E-state index is 13.1. The van der Waals surface area contributed by atoms with Crippen LogP contribution < -0.4 is 21.1 Å². The van der Waals surface area contributed by atoms with Crippen LogP contribution in [0.1, 0.15) is 110 Å². The van der Waals surface area contributed by atoms with E-state index in [1.165, 1.54) is 47.9 Å². The number of likely N-dealkylation sites (N-methyl/N-ethyl adjacent to an activating group) is 1. The third kappa shape index (κ3) is 12.4. The lowest BCUT2D eigenvalue weighted by Gasteiger charge is -2.31. The maximum Gasteiger partial charge on any atom is 0.266 e. The van der Waals surface area contributed by atoms with Crippen LogP contribution in [0.2, 0.25) is 5.02 Å². The number of nitrogens with zero attached hydrogens (tertiary/aromatic N) is 3. The minimum atomic E-state index is -0.491. The summed E-state index contributed by atoms with van der Waals surface area (Å²) in [6.07, 6.45) is 10.0. The number of aromatic nitrogens is 1. The number of benzene rings is 2. The van der Waals surface area contributed by atoms with Crippen LogP contribution in [0, 0.1) is 24.7 Å². The smallest absolute Gasteiger partial charge is 0.266 e. The SMILES string of the molecule is C=C1N(C)C=C(C(=O)Nc2cccc(-c3cccc(-c4cc5c(c(OC)n4)C(C)CC5)c3Cl)c2C)C(=O)N1C.CCCC[C@H](C)CC.CCNC(=O)C(C)C(C)CCN. The highest BCUT2D eigenvalue weighted by Crippen LogP contribution is 2.43. The van der Waals surface area contributed by atoms with Gasteiger partial charge in [0, 0.05) is 55.1 Å². The van der Waals surface area contributed by atoms with Crippen LogP contribution >= 0.6 is 11.6 Å². The van der Waals surface area contributed by atoms with E-state index in [1.807, 2.05) is 57.2 Å². The van der Waals surface area contributed by atoms with Crippen LogP contribution in [-0.4, -0.2) is 66.8 Å². The Hall–Kier alpha value is -4.67. The number of hydrogen-bond acceptors (Lipinski definition) is 7. The van der Waals surface area contributed by atoms with Crippen molar-refractivity contribution in [3.8, 4) is 28.3 Å². The van der Waals surface area contributed by atoms with Crippen LogP contribution in [0.25, 0.3) is 22.4 Å². The van der Waals surface area contributed by atoms with Crippen molar-refractivity contribution < 1.29 is 19.1 Å². The van der Waals surface area contributed by atoms with Gasteiger partial charge in [0.05, 0.1) is 17.8 Å². The summed E-state index contributed by atoms with van der Waals surface area (Å²) in [6.45, 7) is 22.1. The van der Waals surface area contributed by atoms with E-state index < -0.39 is 11.8 Å². The highest BCUT2D eigenvalue weighted by Gasteiger charge is 2.30. The zero-order valence-electron chi connectivity index (χ0n) is 37.4. The predicted molar refractivity (Wildman–Crippen MR) is 244 cm³/mol. The molecule has 0 fully saturated rings. The molecule has 11 heteroatoms. The van der Waals surface area contributed by atoms with Gasteiger partial charge in [-0.15, -0.1) is 0 Å². The average molecular weight is 830 g/mol. The molecule has 4 atom stereocenters. The predicted octanol–water partition coefficient (Wildman–Crippen LogP) is 10.1. The first-order chi connectivity index (χ1) is 28.1. The lowest BCUT2D eigenvalue weighted by molar-refractivity contribution is -0.128. The largest absolute Gasteiger partial charge is 0.481 e. The van der Waals surface area contributed by atoms with E-state index in [0.29, 0.717) is 47.3 Å². The number of unbranched alkanes of at least 4 members (excludes halogenated alkanes) is 1. The molecule has 1 aliphatic heterocycles. The number of amides is 3. The number of halogens is 1. The van der Waals surface area contributed by atoms with Gasteiger partial charge in [-0.1, -0.05) is 116 Å². The molecule has 2 heterocycles. The van der Waals surface area contributed by atoms with E-state index in [4.69, 9.17) is 27.1 Å².